The van der Waals surface area contributed by atoms with Crippen molar-refractivity contribution in [1.29, 1.82) is 0 Å². The minimum absolute atomic E-state index is 0.416. The van der Waals surface area contributed by atoms with Gasteiger partial charge in [0.15, 0.2) is 0 Å². The van der Waals surface area contributed by atoms with Gasteiger partial charge in [-0.1, -0.05) is 27.5 Å². The average molecular weight is 342 g/mol. The minimum atomic E-state index is -0.606. The molecule has 4 nitrogen and oxygen atoms in total. The van der Waals surface area contributed by atoms with Crippen LogP contribution in [0.5, 0.6) is 5.75 Å². The molecule has 0 unspecified atom stereocenters. The molecular weight excluding hydrogens is 332 g/mol. The molecule has 0 atom stereocenters. The van der Waals surface area contributed by atoms with Crippen molar-refractivity contribution in [2.75, 3.05) is 5.43 Å². The first-order chi connectivity index (χ1) is 9.13. The Kier molecular flexibility index (Phi) is 4.65. The highest BCUT2D eigenvalue weighted by molar-refractivity contribution is 9.10. The number of nitrogens with one attached hydrogen (secondary N) is 2. The van der Waals surface area contributed by atoms with E-state index in [1.165, 1.54) is 0 Å². The SMILES string of the molecule is O=C(NNc1ccc(Br)cc1)Oc1ccc(Cl)cc1. The van der Waals surface area contributed by atoms with Crippen molar-refractivity contribution in [1.82, 2.24) is 5.43 Å². The Bertz CT molecular complexity index is 558. The number of rotatable bonds is 3. The van der Waals surface area contributed by atoms with E-state index in [0.717, 1.165) is 10.2 Å². The number of carbonyl (C=O) groups is 1. The average Bonchev–Trinajstić information content (AvgIpc) is 2.41. The van der Waals surface area contributed by atoms with Gasteiger partial charge in [0.25, 0.3) is 0 Å². The molecule has 2 aromatic rings. The molecular formula is C13H10BrClN2O2. The topological polar surface area (TPSA) is 50.4 Å². The second-order valence-electron chi connectivity index (χ2n) is 3.60. The third-order valence-corrected chi connectivity index (χ3v) is 2.96. The molecule has 0 saturated heterocycles. The predicted molar refractivity (Wildman–Crippen MR) is 78.4 cm³/mol. The number of amides is 1. The number of carbonyl (C=O) groups excluding carboxylic acids is 1. The molecule has 6 heteroatoms. The highest BCUT2D eigenvalue weighted by atomic mass is 79.9. The van der Waals surface area contributed by atoms with Gasteiger partial charge in [0, 0.05) is 9.50 Å². The van der Waals surface area contributed by atoms with Crippen molar-refractivity contribution in [2.45, 2.75) is 0 Å². The van der Waals surface area contributed by atoms with Crippen LogP contribution in [0.15, 0.2) is 53.0 Å². The molecule has 0 heterocycles. The number of hydrazine groups is 1. The molecule has 0 aliphatic carbocycles. The first kappa shape index (κ1) is 13.7. The summed E-state index contributed by atoms with van der Waals surface area (Å²) in [5, 5.41) is 0.584. The zero-order valence-corrected chi connectivity index (χ0v) is 12.0. The van der Waals surface area contributed by atoms with Gasteiger partial charge < -0.3 is 4.74 Å². The fourth-order valence-electron chi connectivity index (χ4n) is 1.29. The molecule has 98 valence electrons. The molecule has 0 aliphatic rings. The van der Waals surface area contributed by atoms with Gasteiger partial charge in [-0.2, -0.15) is 0 Å². The van der Waals surface area contributed by atoms with Gasteiger partial charge >= 0.3 is 6.09 Å². The van der Waals surface area contributed by atoms with Crippen LogP contribution >= 0.6 is 27.5 Å². The van der Waals surface area contributed by atoms with Gasteiger partial charge in [0.1, 0.15) is 5.75 Å². The first-order valence-electron chi connectivity index (χ1n) is 5.38. The maximum Gasteiger partial charge on any atom is 0.431 e. The van der Waals surface area contributed by atoms with E-state index in [2.05, 4.69) is 26.8 Å². The van der Waals surface area contributed by atoms with Crippen molar-refractivity contribution in [3.05, 3.63) is 58.0 Å². The fourth-order valence-corrected chi connectivity index (χ4v) is 1.68. The van der Waals surface area contributed by atoms with E-state index in [4.69, 9.17) is 16.3 Å². The lowest BCUT2D eigenvalue weighted by molar-refractivity contribution is 0.203. The third-order valence-electron chi connectivity index (χ3n) is 2.18. The van der Waals surface area contributed by atoms with E-state index in [1.807, 2.05) is 24.3 Å². The van der Waals surface area contributed by atoms with Gasteiger partial charge in [-0.15, -0.1) is 0 Å². The Labute approximate surface area is 123 Å². The van der Waals surface area contributed by atoms with Gasteiger partial charge in [0.05, 0.1) is 5.69 Å². The van der Waals surface area contributed by atoms with Crippen LogP contribution in [0.1, 0.15) is 0 Å². The van der Waals surface area contributed by atoms with Crippen LogP contribution in [0.2, 0.25) is 5.02 Å². The zero-order chi connectivity index (χ0) is 13.7. The Morgan fingerprint density at radius 3 is 2.32 bits per heavy atom. The summed E-state index contributed by atoms with van der Waals surface area (Å²) in [5.41, 5.74) is 5.90. The van der Waals surface area contributed by atoms with E-state index < -0.39 is 6.09 Å². The summed E-state index contributed by atoms with van der Waals surface area (Å²) >= 11 is 9.05. The van der Waals surface area contributed by atoms with Crippen molar-refractivity contribution in [3.63, 3.8) is 0 Å². The number of hydrogen-bond acceptors (Lipinski definition) is 3. The summed E-state index contributed by atoms with van der Waals surface area (Å²) in [6.07, 6.45) is -0.606. The second kappa shape index (κ2) is 6.45. The highest BCUT2D eigenvalue weighted by Crippen LogP contribution is 2.16. The molecule has 2 N–H and O–H groups in total. The van der Waals surface area contributed by atoms with Gasteiger partial charge in [-0.25, -0.2) is 10.2 Å². The Morgan fingerprint density at radius 1 is 1.05 bits per heavy atom. The van der Waals surface area contributed by atoms with Crippen LogP contribution in [-0.2, 0) is 0 Å². The van der Waals surface area contributed by atoms with Crippen LogP contribution in [0.4, 0.5) is 10.5 Å². The fraction of sp³-hybridized carbons (Fsp3) is 0. The smallest absolute Gasteiger partial charge is 0.409 e. The summed E-state index contributed by atoms with van der Waals surface area (Å²) in [7, 11) is 0. The predicted octanol–water partition coefficient (Wildman–Crippen LogP) is 4.22. The van der Waals surface area contributed by atoms with Crippen LogP contribution in [0.25, 0.3) is 0 Å². The van der Waals surface area contributed by atoms with E-state index >= 15 is 0 Å². The molecule has 0 bridgehead atoms. The molecule has 19 heavy (non-hydrogen) atoms. The number of ether oxygens (including phenoxy) is 1. The number of hydrogen-bond donors (Lipinski definition) is 2. The van der Waals surface area contributed by atoms with Gasteiger partial charge in [-0.05, 0) is 48.5 Å². The molecule has 2 aromatic carbocycles. The van der Waals surface area contributed by atoms with E-state index in [1.54, 1.807) is 24.3 Å². The van der Waals surface area contributed by atoms with Crippen LogP contribution < -0.4 is 15.6 Å². The molecule has 1 amide bonds. The standard InChI is InChI=1S/C13H10BrClN2O2/c14-9-1-5-11(6-2-9)16-17-13(18)19-12-7-3-10(15)4-8-12/h1-8,16H,(H,17,18). The lowest BCUT2D eigenvalue weighted by Gasteiger charge is -2.09. The molecule has 0 saturated carbocycles. The highest BCUT2D eigenvalue weighted by Gasteiger charge is 2.03. The van der Waals surface area contributed by atoms with Crippen LogP contribution in [0.3, 0.4) is 0 Å². The maximum absolute atomic E-state index is 11.5. The van der Waals surface area contributed by atoms with Crippen LogP contribution in [-0.4, -0.2) is 6.09 Å². The molecule has 0 spiro atoms. The summed E-state index contributed by atoms with van der Waals surface area (Å²) in [4.78, 5) is 11.5. The first-order valence-corrected chi connectivity index (χ1v) is 6.55. The number of halogens is 2. The van der Waals surface area contributed by atoms with E-state index in [9.17, 15) is 4.79 Å². The quantitative estimate of drug-likeness (QED) is 0.822. The van der Waals surface area contributed by atoms with Crippen LogP contribution in [0, 0.1) is 0 Å². The number of anilines is 1. The van der Waals surface area contributed by atoms with E-state index in [-0.39, 0.29) is 0 Å². The maximum atomic E-state index is 11.5. The molecule has 0 aliphatic heterocycles. The second-order valence-corrected chi connectivity index (χ2v) is 4.95. The summed E-state index contributed by atoms with van der Waals surface area (Å²) in [6.45, 7) is 0. The lowest BCUT2D eigenvalue weighted by atomic mass is 10.3. The lowest BCUT2D eigenvalue weighted by Crippen LogP contribution is -2.32. The largest absolute Gasteiger partial charge is 0.431 e. The Morgan fingerprint density at radius 2 is 1.68 bits per heavy atom. The molecule has 2 rings (SSSR count). The summed E-state index contributed by atoms with van der Waals surface area (Å²) < 4.78 is 5.99. The zero-order valence-electron chi connectivity index (χ0n) is 9.69. The normalized spacial score (nSPS) is 9.79. The minimum Gasteiger partial charge on any atom is -0.409 e. The summed E-state index contributed by atoms with van der Waals surface area (Å²) in [5.74, 6) is 0.416. The van der Waals surface area contributed by atoms with Crippen molar-refractivity contribution in [2.24, 2.45) is 0 Å². The molecule has 0 radical (unpaired) electrons. The third kappa shape index (κ3) is 4.46. The molecule has 0 aromatic heterocycles. The Balaban J connectivity index is 1.84. The van der Waals surface area contributed by atoms with Crippen molar-refractivity contribution >= 4 is 39.3 Å². The number of benzene rings is 2. The van der Waals surface area contributed by atoms with Crippen molar-refractivity contribution in [3.8, 4) is 5.75 Å². The monoisotopic (exact) mass is 340 g/mol. The molecule has 0 fully saturated rings. The Hall–Kier alpha value is -1.72. The van der Waals surface area contributed by atoms with E-state index in [0.29, 0.717) is 10.8 Å². The van der Waals surface area contributed by atoms with Crippen molar-refractivity contribution < 1.29 is 9.53 Å². The van der Waals surface area contributed by atoms with Gasteiger partial charge in [-0.3, -0.25) is 5.43 Å². The van der Waals surface area contributed by atoms with Gasteiger partial charge in [0.2, 0.25) is 0 Å². The summed E-state index contributed by atoms with van der Waals surface area (Å²) in [6, 6.07) is 13.9.